The Bertz CT molecular complexity index is 942. The third-order valence-corrected chi connectivity index (χ3v) is 8.40. The number of hydrogen-bond acceptors (Lipinski definition) is 9. The molecule has 2 heterocycles. The van der Waals surface area contributed by atoms with Gasteiger partial charge in [0.1, 0.15) is 23.9 Å². The average molecular weight is 523 g/mol. The van der Waals surface area contributed by atoms with Crippen LogP contribution in [-0.4, -0.2) is 59.5 Å². The second-order valence-corrected chi connectivity index (χ2v) is 11.6. The van der Waals surface area contributed by atoms with Crippen molar-refractivity contribution in [3.05, 3.63) is 12.2 Å². The maximum Gasteiger partial charge on any atom is 0.303 e. The number of ether oxygens (including phenoxy) is 5. The van der Waals surface area contributed by atoms with E-state index in [1.165, 1.54) is 27.7 Å². The van der Waals surface area contributed by atoms with E-state index in [0.29, 0.717) is 31.3 Å². The van der Waals surface area contributed by atoms with Crippen LogP contribution in [0.15, 0.2) is 12.2 Å². The summed E-state index contributed by atoms with van der Waals surface area (Å²) in [5.41, 5.74) is -1.56. The molecule has 9 nitrogen and oxygen atoms in total. The van der Waals surface area contributed by atoms with Gasteiger partial charge in [0.15, 0.2) is 5.60 Å². The van der Waals surface area contributed by atoms with Gasteiger partial charge in [0.25, 0.3) is 0 Å². The third-order valence-electron chi connectivity index (χ3n) is 8.40. The summed E-state index contributed by atoms with van der Waals surface area (Å²) in [4.78, 5) is 48.7. The highest BCUT2D eigenvalue weighted by Gasteiger charge is 2.67. The highest BCUT2D eigenvalue weighted by atomic mass is 16.6. The van der Waals surface area contributed by atoms with Gasteiger partial charge in [-0.2, -0.15) is 0 Å². The molecule has 0 N–H and O–H groups in total. The molecule has 9 atom stereocenters. The fraction of sp³-hybridized carbons (Fsp3) is 0.786. The molecule has 3 fully saturated rings. The van der Waals surface area contributed by atoms with Crippen molar-refractivity contribution in [2.24, 2.45) is 23.7 Å². The van der Waals surface area contributed by atoms with Crippen LogP contribution in [-0.2, 0) is 42.9 Å². The molecule has 2 saturated heterocycles. The number of rotatable bonds is 5. The highest BCUT2D eigenvalue weighted by molar-refractivity contribution is 5.68. The summed E-state index contributed by atoms with van der Waals surface area (Å²) >= 11 is 0. The average Bonchev–Trinajstić information content (AvgIpc) is 3.13. The first-order chi connectivity index (χ1) is 17.1. The first-order valence-corrected chi connectivity index (χ1v) is 13.2. The Balaban J connectivity index is 2.20. The molecule has 208 valence electrons. The zero-order chi connectivity index (χ0) is 27.9. The third kappa shape index (κ3) is 5.86. The van der Waals surface area contributed by atoms with Gasteiger partial charge in [-0.05, 0) is 56.9 Å². The van der Waals surface area contributed by atoms with Crippen molar-refractivity contribution in [1.29, 1.82) is 0 Å². The standard InChI is InChI=1S/C28H42O9/c1-14(2)20-13-23(34-17(5)30)28(9,37-19(7)32)25-22-12-15(3)21(33-16(4)29)10-11-27(8,36-18(6)31)26(35-22)24(20)25/h14,20-26H,3,10-13H2,1-2,4-9H3. The van der Waals surface area contributed by atoms with Crippen molar-refractivity contribution in [2.75, 3.05) is 0 Å². The molecule has 1 aliphatic carbocycles. The Morgan fingerprint density at radius 2 is 1.54 bits per heavy atom. The van der Waals surface area contributed by atoms with Crippen molar-refractivity contribution < 1.29 is 42.9 Å². The van der Waals surface area contributed by atoms with Crippen molar-refractivity contribution in [3.63, 3.8) is 0 Å². The minimum absolute atomic E-state index is 0.0276. The van der Waals surface area contributed by atoms with Gasteiger partial charge in [-0.25, -0.2) is 0 Å². The predicted octanol–water partition coefficient (Wildman–Crippen LogP) is 3.91. The second kappa shape index (κ2) is 10.8. The molecule has 3 rings (SSSR count). The topological polar surface area (TPSA) is 114 Å². The fourth-order valence-corrected chi connectivity index (χ4v) is 7.08. The van der Waals surface area contributed by atoms with E-state index in [9.17, 15) is 19.2 Å². The van der Waals surface area contributed by atoms with E-state index in [-0.39, 0.29) is 17.8 Å². The minimum Gasteiger partial charge on any atom is -0.458 e. The number of esters is 4. The van der Waals surface area contributed by atoms with Gasteiger partial charge in [-0.15, -0.1) is 0 Å². The van der Waals surface area contributed by atoms with E-state index in [0.717, 1.165) is 0 Å². The monoisotopic (exact) mass is 522 g/mol. The van der Waals surface area contributed by atoms with Gasteiger partial charge in [0.05, 0.1) is 6.10 Å². The molecule has 0 aromatic carbocycles. The van der Waals surface area contributed by atoms with Gasteiger partial charge in [-0.3, -0.25) is 19.2 Å². The predicted molar refractivity (Wildman–Crippen MR) is 133 cm³/mol. The molecule has 3 aliphatic rings. The van der Waals surface area contributed by atoms with Crippen LogP contribution in [0.3, 0.4) is 0 Å². The second-order valence-electron chi connectivity index (χ2n) is 11.6. The molecule has 1 saturated carbocycles. The van der Waals surface area contributed by atoms with Gasteiger partial charge in [0.2, 0.25) is 0 Å². The Hall–Kier alpha value is -2.42. The molecular formula is C28H42O9. The summed E-state index contributed by atoms with van der Waals surface area (Å²) in [5.74, 6) is -2.17. The van der Waals surface area contributed by atoms with Gasteiger partial charge < -0.3 is 23.7 Å². The van der Waals surface area contributed by atoms with Crippen molar-refractivity contribution >= 4 is 23.9 Å². The van der Waals surface area contributed by atoms with Gasteiger partial charge in [0, 0.05) is 39.5 Å². The molecule has 9 heteroatoms. The largest absolute Gasteiger partial charge is 0.458 e. The van der Waals surface area contributed by atoms with Crippen molar-refractivity contribution in [2.45, 2.75) is 117 Å². The zero-order valence-electron chi connectivity index (χ0n) is 23.3. The lowest BCUT2D eigenvalue weighted by Gasteiger charge is -2.53. The quantitative estimate of drug-likeness (QED) is 0.301. The molecule has 9 unspecified atom stereocenters. The number of carbonyl (C=O) groups is 4. The molecule has 0 aromatic heterocycles. The van der Waals surface area contributed by atoms with Crippen molar-refractivity contribution in [1.82, 2.24) is 0 Å². The van der Waals surface area contributed by atoms with Crippen LogP contribution in [0.4, 0.5) is 0 Å². The smallest absolute Gasteiger partial charge is 0.303 e. The lowest BCUT2D eigenvalue weighted by Crippen LogP contribution is -2.63. The molecular weight excluding hydrogens is 480 g/mol. The van der Waals surface area contributed by atoms with E-state index in [2.05, 4.69) is 20.4 Å². The number of carbonyl (C=O) groups excluding carboxylic acids is 4. The normalized spacial score (nSPS) is 39.5. The van der Waals surface area contributed by atoms with Gasteiger partial charge >= 0.3 is 23.9 Å². The Labute approximate surface area is 219 Å². The van der Waals surface area contributed by atoms with Crippen LogP contribution in [0, 0.1) is 23.7 Å². The zero-order valence-corrected chi connectivity index (χ0v) is 23.3. The maximum absolute atomic E-state index is 12.4. The number of hydrogen-bond donors (Lipinski definition) is 0. The van der Waals surface area contributed by atoms with E-state index < -0.39 is 65.4 Å². The van der Waals surface area contributed by atoms with Crippen LogP contribution >= 0.6 is 0 Å². The minimum atomic E-state index is -1.19. The Morgan fingerprint density at radius 1 is 0.946 bits per heavy atom. The first kappa shape index (κ1) is 29.1. The molecule has 2 bridgehead atoms. The van der Waals surface area contributed by atoms with Crippen LogP contribution in [0.5, 0.6) is 0 Å². The van der Waals surface area contributed by atoms with Crippen LogP contribution < -0.4 is 0 Å². The summed E-state index contributed by atoms with van der Waals surface area (Å²) in [6.45, 7) is 17.5. The summed E-state index contributed by atoms with van der Waals surface area (Å²) in [7, 11) is 0. The molecule has 0 amide bonds. The first-order valence-electron chi connectivity index (χ1n) is 13.2. The fourth-order valence-electron chi connectivity index (χ4n) is 7.08. The molecule has 2 aliphatic heterocycles. The molecule has 0 radical (unpaired) electrons. The van der Waals surface area contributed by atoms with Crippen molar-refractivity contribution in [3.8, 4) is 0 Å². The summed E-state index contributed by atoms with van der Waals surface area (Å²) in [5, 5.41) is 0. The van der Waals surface area contributed by atoms with Crippen LogP contribution in [0.1, 0.15) is 81.1 Å². The number of fused-ring (bicyclic) bond motifs is 5. The van der Waals surface area contributed by atoms with E-state index in [1.807, 2.05) is 6.92 Å². The van der Waals surface area contributed by atoms with E-state index >= 15 is 0 Å². The van der Waals surface area contributed by atoms with Gasteiger partial charge in [-0.1, -0.05) is 20.4 Å². The molecule has 0 spiro atoms. The molecule has 0 aromatic rings. The Kier molecular flexibility index (Phi) is 8.47. The summed E-state index contributed by atoms with van der Waals surface area (Å²) in [6, 6.07) is 0. The lowest BCUT2D eigenvalue weighted by molar-refractivity contribution is -0.216. The van der Waals surface area contributed by atoms with E-state index in [4.69, 9.17) is 23.7 Å². The van der Waals surface area contributed by atoms with Crippen LogP contribution in [0.25, 0.3) is 0 Å². The highest BCUT2D eigenvalue weighted by Crippen LogP contribution is 2.59. The SMILES string of the molecule is C=C1CC2OC(C3C(C(C)C)CC(OC(C)=O)C(C)(OC(C)=O)C23)C(C)(OC(C)=O)CCC1OC(C)=O. The van der Waals surface area contributed by atoms with E-state index in [1.54, 1.807) is 6.92 Å². The lowest BCUT2D eigenvalue weighted by atomic mass is 9.56. The van der Waals surface area contributed by atoms with Crippen LogP contribution in [0.2, 0.25) is 0 Å². The Morgan fingerprint density at radius 3 is 2.05 bits per heavy atom. The molecule has 37 heavy (non-hydrogen) atoms. The summed E-state index contributed by atoms with van der Waals surface area (Å²) in [6.07, 6.45) is -0.659. The maximum atomic E-state index is 12.4. The summed E-state index contributed by atoms with van der Waals surface area (Å²) < 4.78 is 30.2.